The predicted octanol–water partition coefficient (Wildman–Crippen LogP) is 5.75. The maximum absolute atomic E-state index is 11.3. The van der Waals surface area contributed by atoms with E-state index in [9.17, 15) is 4.79 Å². The van der Waals surface area contributed by atoms with Crippen molar-refractivity contribution in [3.63, 3.8) is 0 Å². The molecule has 0 heterocycles. The van der Waals surface area contributed by atoms with Crippen LogP contribution in [0.5, 0.6) is 11.5 Å². The lowest BCUT2D eigenvalue weighted by atomic mass is 10.0. The van der Waals surface area contributed by atoms with Crippen LogP contribution in [-0.2, 0) is 16.0 Å². The van der Waals surface area contributed by atoms with Crippen LogP contribution in [0.1, 0.15) is 30.9 Å². The fraction of sp³-hybridized carbons (Fsp3) is 0.381. The van der Waals surface area contributed by atoms with Crippen LogP contribution < -0.4 is 9.47 Å². The summed E-state index contributed by atoms with van der Waals surface area (Å²) < 4.78 is 17.3. The molecule has 0 fully saturated rings. The minimum Gasteiger partial charge on any atom is -0.493 e. The minimum absolute atomic E-state index is 0.00269. The molecule has 0 N–H and O–H groups in total. The van der Waals surface area contributed by atoms with Gasteiger partial charge in [-0.2, -0.15) is 0 Å². The molecule has 0 aliphatic heterocycles. The Balaban J connectivity index is 1.80. The summed E-state index contributed by atoms with van der Waals surface area (Å²) in [6.45, 7) is 4.57. The zero-order valence-electron chi connectivity index (χ0n) is 15.8. The molecule has 2 rings (SSSR count). The van der Waals surface area contributed by atoms with Gasteiger partial charge in [0.25, 0.3) is 0 Å². The largest absolute Gasteiger partial charge is 0.493 e. The highest BCUT2D eigenvalue weighted by atomic mass is 79.9. The molecular weight excluding hydrogens is 432 g/mol. The van der Waals surface area contributed by atoms with Crippen LogP contribution in [-0.4, -0.2) is 25.8 Å². The molecule has 0 amide bonds. The summed E-state index contributed by atoms with van der Waals surface area (Å²) in [7, 11) is 1.41. The third kappa shape index (κ3) is 7.07. The van der Waals surface area contributed by atoms with Gasteiger partial charge in [0.05, 0.1) is 24.3 Å². The fourth-order valence-electron chi connectivity index (χ4n) is 2.57. The first-order chi connectivity index (χ1) is 12.9. The Bertz CT molecular complexity index is 779. The molecule has 2 aromatic rings. The molecular formula is C21H24BrClO4. The second kappa shape index (κ2) is 10.6. The van der Waals surface area contributed by atoms with E-state index in [1.165, 1.54) is 7.11 Å². The summed E-state index contributed by atoms with van der Waals surface area (Å²) in [5.74, 6) is 1.38. The molecule has 27 heavy (non-hydrogen) atoms. The summed E-state index contributed by atoms with van der Waals surface area (Å²) >= 11 is 9.39. The van der Waals surface area contributed by atoms with Crippen LogP contribution in [0.4, 0.5) is 0 Å². The lowest BCUT2D eigenvalue weighted by Crippen LogP contribution is -2.16. The molecule has 146 valence electrons. The molecule has 0 unspecified atom stereocenters. The first-order valence-corrected chi connectivity index (χ1v) is 9.97. The fourth-order valence-corrected chi connectivity index (χ4v) is 3.34. The molecule has 0 aromatic heterocycles. The normalized spacial score (nSPS) is 11.7. The number of carbonyl (C=O) groups is 1. The summed E-state index contributed by atoms with van der Waals surface area (Å²) in [6, 6.07) is 11.4. The summed E-state index contributed by atoms with van der Waals surface area (Å²) in [5.41, 5.74) is 2.22. The smallest absolute Gasteiger partial charge is 0.305 e. The molecule has 0 saturated heterocycles. The molecule has 0 aliphatic carbocycles. The number of aryl methyl sites for hydroxylation is 2. The van der Waals surface area contributed by atoms with Gasteiger partial charge in [-0.1, -0.05) is 17.7 Å². The van der Waals surface area contributed by atoms with Gasteiger partial charge in [0, 0.05) is 17.9 Å². The Labute approximate surface area is 173 Å². The maximum Gasteiger partial charge on any atom is 0.305 e. The molecule has 0 saturated carbocycles. The van der Waals surface area contributed by atoms with Gasteiger partial charge in [-0.25, -0.2) is 0 Å². The Morgan fingerprint density at radius 3 is 2.67 bits per heavy atom. The zero-order chi connectivity index (χ0) is 19.8. The van der Waals surface area contributed by atoms with E-state index in [4.69, 9.17) is 21.1 Å². The van der Waals surface area contributed by atoms with Crippen molar-refractivity contribution in [3.8, 4) is 11.5 Å². The summed E-state index contributed by atoms with van der Waals surface area (Å²) in [5, 5.41) is 0.663. The molecule has 0 radical (unpaired) electrons. The van der Waals surface area contributed by atoms with Crippen LogP contribution in [0.2, 0.25) is 5.02 Å². The van der Waals surface area contributed by atoms with Gasteiger partial charge >= 0.3 is 5.97 Å². The lowest BCUT2D eigenvalue weighted by molar-refractivity contribution is -0.140. The monoisotopic (exact) mass is 454 g/mol. The van der Waals surface area contributed by atoms with Crippen molar-refractivity contribution in [1.82, 2.24) is 0 Å². The number of ether oxygens (including phenoxy) is 3. The van der Waals surface area contributed by atoms with Crippen LogP contribution >= 0.6 is 27.5 Å². The SMILES string of the molecule is COC(=O)CCc1ccc(OCC[C@@H](C)Oc2ccc(Cl)cc2Br)cc1C. The number of rotatable bonds is 9. The van der Waals surface area contributed by atoms with Gasteiger partial charge in [-0.3, -0.25) is 4.79 Å². The quantitative estimate of drug-likeness (QED) is 0.451. The molecule has 0 bridgehead atoms. The van der Waals surface area contributed by atoms with Crippen molar-refractivity contribution in [3.05, 3.63) is 57.0 Å². The Morgan fingerprint density at radius 2 is 2.00 bits per heavy atom. The number of hydrogen-bond donors (Lipinski definition) is 0. The van der Waals surface area contributed by atoms with Crippen molar-refractivity contribution in [2.24, 2.45) is 0 Å². The lowest BCUT2D eigenvalue weighted by Gasteiger charge is -2.17. The molecule has 6 heteroatoms. The Morgan fingerprint density at radius 1 is 1.22 bits per heavy atom. The van der Waals surface area contributed by atoms with Crippen LogP contribution in [0.15, 0.2) is 40.9 Å². The van der Waals surface area contributed by atoms with Crippen molar-refractivity contribution < 1.29 is 19.0 Å². The average Bonchev–Trinajstić information content (AvgIpc) is 2.63. The van der Waals surface area contributed by atoms with E-state index in [-0.39, 0.29) is 12.1 Å². The van der Waals surface area contributed by atoms with Gasteiger partial charge in [-0.15, -0.1) is 0 Å². The van der Waals surface area contributed by atoms with Gasteiger partial charge in [0.2, 0.25) is 0 Å². The summed E-state index contributed by atoms with van der Waals surface area (Å²) in [6.07, 6.45) is 1.80. The van der Waals surface area contributed by atoms with Crippen molar-refractivity contribution in [1.29, 1.82) is 0 Å². The second-order valence-electron chi connectivity index (χ2n) is 6.30. The third-order valence-electron chi connectivity index (χ3n) is 4.16. The van der Waals surface area contributed by atoms with Crippen LogP contribution in [0.3, 0.4) is 0 Å². The molecule has 4 nitrogen and oxygen atoms in total. The van der Waals surface area contributed by atoms with E-state index in [0.717, 1.165) is 33.5 Å². The number of hydrogen-bond acceptors (Lipinski definition) is 4. The highest BCUT2D eigenvalue weighted by Crippen LogP contribution is 2.29. The van der Waals surface area contributed by atoms with E-state index in [2.05, 4.69) is 20.7 Å². The second-order valence-corrected chi connectivity index (χ2v) is 7.60. The first-order valence-electron chi connectivity index (χ1n) is 8.80. The predicted molar refractivity (Wildman–Crippen MR) is 111 cm³/mol. The van der Waals surface area contributed by atoms with Crippen LogP contribution in [0, 0.1) is 6.92 Å². The number of benzene rings is 2. The third-order valence-corrected chi connectivity index (χ3v) is 5.01. The molecule has 0 spiro atoms. The van der Waals surface area contributed by atoms with Crippen molar-refractivity contribution >= 4 is 33.5 Å². The maximum atomic E-state index is 11.3. The summed E-state index contributed by atoms with van der Waals surface area (Å²) in [4.78, 5) is 11.3. The van der Waals surface area contributed by atoms with Gasteiger partial charge in [0.1, 0.15) is 11.5 Å². The molecule has 1 atom stereocenters. The van der Waals surface area contributed by atoms with Crippen molar-refractivity contribution in [2.75, 3.05) is 13.7 Å². The molecule has 0 aliphatic rings. The topological polar surface area (TPSA) is 44.8 Å². The van der Waals surface area contributed by atoms with Gasteiger partial charge < -0.3 is 14.2 Å². The Hall–Kier alpha value is -1.72. The molecule has 2 aromatic carbocycles. The standard InChI is InChI=1S/C21H24BrClO4/c1-14-12-18(7-4-16(14)5-9-21(24)25-3)26-11-10-15(2)27-20-8-6-17(23)13-19(20)22/h4,6-8,12-13,15H,5,9-11H2,1-3H3/t15-/m1/s1. The number of methoxy groups -OCH3 is 1. The van der Waals surface area contributed by atoms with E-state index in [0.29, 0.717) is 24.5 Å². The Kier molecular flexibility index (Phi) is 8.45. The average molecular weight is 456 g/mol. The number of esters is 1. The van der Waals surface area contributed by atoms with E-state index in [1.807, 2.05) is 44.2 Å². The zero-order valence-corrected chi connectivity index (χ0v) is 18.1. The number of carbonyl (C=O) groups excluding carboxylic acids is 1. The minimum atomic E-state index is -0.198. The number of halogens is 2. The highest BCUT2D eigenvalue weighted by molar-refractivity contribution is 9.10. The van der Waals surface area contributed by atoms with E-state index in [1.54, 1.807) is 6.07 Å². The first kappa shape index (κ1) is 21.6. The van der Waals surface area contributed by atoms with Crippen molar-refractivity contribution in [2.45, 2.75) is 39.2 Å². The van der Waals surface area contributed by atoms with Crippen LogP contribution in [0.25, 0.3) is 0 Å². The van der Waals surface area contributed by atoms with Gasteiger partial charge in [0.15, 0.2) is 0 Å². The highest BCUT2D eigenvalue weighted by Gasteiger charge is 2.09. The van der Waals surface area contributed by atoms with Gasteiger partial charge in [-0.05, 0) is 77.7 Å². The van der Waals surface area contributed by atoms with E-state index < -0.39 is 0 Å². The van der Waals surface area contributed by atoms with E-state index >= 15 is 0 Å².